The zero-order valence-corrected chi connectivity index (χ0v) is 8.25. The van der Waals surface area contributed by atoms with E-state index < -0.39 is 0 Å². The summed E-state index contributed by atoms with van der Waals surface area (Å²) in [6, 6.07) is 4.02. The van der Waals surface area contributed by atoms with Crippen molar-refractivity contribution in [2.24, 2.45) is 11.7 Å². The van der Waals surface area contributed by atoms with E-state index in [1.165, 1.54) is 4.88 Å². The summed E-state index contributed by atoms with van der Waals surface area (Å²) in [7, 11) is 0. The zero-order chi connectivity index (χ0) is 8.43. The van der Waals surface area contributed by atoms with Crippen LogP contribution >= 0.6 is 22.9 Å². The lowest BCUT2D eigenvalue weighted by molar-refractivity contribution is 0.521. The van der Waals surface area contributed by atoms with Crippen LogP contribution in [0.15, 0.2) is 12.1 Å². The van der Waals surface area contributed by atoms with E-state index in [1.54, 1.807) is 11.3 Å². The molecule has 0 saturated heterocycles. The van der Waals surface area contributed by atoms with Crippen LogP contribution in [0.1, 0.15) is 24.8 Å². The predicted octanol–water partition coefficient (Wildman–Crippen LogP) is 3.06. The molecule has 1 rings (SSSR count). The molecule has 3 heteroatoms. The molecule has 0 saturated carbocycles. The molecule has 1 heterocycles. The van der Waals surface area contributed by atoms with E-state index in [2.05, 4.69) is 13.8 Å². The molecule has 1 nitrogen and oxygen atoms in total. The van der Waals surface area contributed by atoms with Crippen LogP contribution in [0.3, 0.4) is 0 Å². The van der Waals surface area contributed by atoms with Gasteiger partial charge in [-0.15, -0.1) is 11.3 Å². The SMILES string of the molecule is CC(C)C(N)c1ccc(Cl)s1. The Balaban J connectivity index is 2.76. The number of hydrogen-bond donors (Lipinski definition) is 1. The van der Waals surface area contributed by atoms with Crippen molar-refractivity contribution in [2.75, 3.05) is 0 Å². The predicted molar refractivity (Wildman–Crippen MR) is 51.1 cm³/mol. The van der Waals surface area contributed by atoms with Crippen molar-refractivity contribution in [1.29, 1.82) is 0 Å². The molecule has 1 aromatic heterocycles. The molecule has 0 aliphatic heterocycles. The van der Waals surface area contributed by atoms with Crippen molar-refractivity contribution in [3.05, 3.63) is 21.3 Å². The molecule has 0 aromatic carbocycles. The first kappa shape index (κ1) is 9.04. The molecule has 2 N–H and O–H groups in total. The number of rotatable bonds is 2. The summed E-state index contributed by atoms with van der Waals surface area (Å²) in [5, 5.41) is 0. The standard InChI is InChI=1S/C8H12ClNS/c1-5(2)8(10)6-3-4-7(9)11-6/h3-5,8H,10H2,1-2H3. The Hall–Kier alpha value is -0.0500. The number of hydrogen-bond acceptors (Lipinski definition) is 2. The van der Waals surface area contributed by atoms with E-state index in [0.717, 1.165) is 4.34 Å². The van der Waals surface area contributed by atoms with Crippen molar-refractivity contribution < 1.29 is 0 Å². The molecular weight excluding hydrogens is 178 g/mol. The van der Waals surface area contributed by atoms with Crippen molar-refractivity contribution in [1.82, 2.24) is 0 Å². The molecule has 0 spiro atoms. The van der Waals surface area contributed by atoms with Crippen molar-refractivity contribution in [3.8, 4) is 0 Å². The lowest BCUT2D eigenvalue weighted by Crippen LogP contribution is -2.14. The van der Waals surface area contributed by atoms with Gasteiger partial charge < -0.3 is 5.73 Å². The number of nitrogens with two attached hydrogens (primary N) is 1. The van der Waals surface area contributed by atoms with Gasteiger partial charge in [0.2, 0.25) is 0 Å². The Morgan fingerprint density at radius 2 is 2.09 bits per heavy atom. The molecule has 0 aliphatic rings. The average Bonchev–Trinajstić information content (AvgIpc) is 2.34. The van der Waals surface area contributed by atoms with E-state index >= 15 is 0 Å². The first-order chi connectivity index (χ1) is 5.11. The lowest BCUT2D eigenvalue weighted by Gasteiger charge is -2.12. The van der Waals surface area contributed by atoms with Gasteiger partial charge in [0.05, 0.1) is 4.34 Å². The molecular formula is C8H12ClNS. The van der Waals surface area contributed by atoms with Gasteiger partial charge in [-0.25, -0.2) is 0 Å². The highest BCUT2D eigenvalue weighted by Crippen LogP contribution is 2.28. The average molecular weight is 190 g/mol. The molecule has 1 aromatic rings. The highest BCUT2D eigenvalue weighted by atomic mass is 35.5. The summed E-state index contributed by atoms with van der Waals surface area (Å²) in [6.45, 7) is 4.22. The minimum absolute atomic E-state index is 0.132. The first-order valence-corrected chi connectivity index (χ1v) is 4.81. The van der Waals surface area contributed by atoms with Gasteiger partial charge in [0.25, 0.3) is 0 Å². The molecule has 0 amide bonds. The maximum absolute atomic E-state index is 5.90. The number of halogens is 1. The Morgan fingerprint density at radius 1 is 1.45 bits per heavy atom. The Labute approximate surface area is 76.2 Å². The van der Waals surface area contributed by atoms with Crippen molar-refractivity contribution >= 4 is 22.9 Å². The minimum atomic E-state index is 0.132. The van der Waals surface area contributed by atoms with Gasteiger partial charge in [-0.2, -0.15) is 0 Å². The third-order valence-electron chi connectivity index (χ3n) is 1.64. The molecule has 62 valence electrons. The van der Waals surface area contributed by atoms with Gasteiger partial charge in [0.1, 0.15) is 0 Å². The van der Waals surface area contributed by atoms with Crippen LogP contribution in [0.4, 0.5) is 0 Å². The van der Waals surface area contributed by atoms with Gasteiger partial charge in [0.15, 0.2) is 0 Å². The second-order valence-corrected chi connectivity index (χ2v) is 4.66. The summed E-state index contributed by atoms with van der Waals surface area (Å²) in [6.07, 6.45) is 0. The van der Waals surface area contributed by atoms with Gasteiger partial charge in [-0.1, -0.05) is 25.4 Å². The minimum Gasteiger partial charge on any atom is -0.323 e. The largest absolute Gasteiger partial charge is 0.323 e. The van der Waals surface area contributed by atoms with Crippen molar-refractivity contribution in [3.63, 3.8) is 0 Å². The van der Waals surface area contributed by atoms with Crippen LogP contribution in [-0.2, 0) is 0 Å². The fraction of sp³-hybridized carbons (Fsp3) is 0.500. The Kier molecular flexibility index (Phi) is 2.93. The molecule has 0 radical (unpaired) electrons. The van der Waals surface area contributed by atoms with E-state index in [0.29, 0.717) is 5.92 Å². The normalized spacial score (nSPS) is 13.9. The van der Waals surface area contributed by atoms with Crippen LogP contribution in [0.2, 0.25) is 4.34 Å². The summed E-state index contributed by atoms with van der Waals surface area (Å²) in [5.74, 6) is 0.477. The third kappa shape index (κ3) is 2.19. The monoisotopic (exact) mass is 189 g/mol. The fourth-order valence-electron chi connectivity index (χ4n) is 0.836. The van der Waals surface area contributed by atoms with Crippen LogP contribution in [0.25, 0.3) is 0 Å². The van der Waals surface area contributed by atoms with Crippen LogP contribution in [0.5, 0.6) is 0 Å². The van der Waals surface area contributed by atoms with Gasteiger partial charge in [-0.05, 0) is 18.1 Å². The highest BCUT2D eigenvalue weighted by molar-refractivity contribution is 7.16. The molecule has 0 aliphatic carbocycles. The highest BCUT2D eigenvalue weighted by Gasteiger charge is 2.11. The molecule has 11 heavy (non-hydrogen) atoms. The first-order valence-electron chi connectivity index (χ1n) is 3.62. The molecule has 0 fully saturated rings. The topological polar surface area (TPSA) is 26.0 Å². The quantitative estimate of drug-likeness (QED) is 0.761. The van der Waals surface area contributed by atoms with E-state index in [1.807, 2.05) is 12.1 Å². The van der Waals surface area contributed by atoms with Crippen molar-refractivity contribution in [2.45, 2.75) is 19.9 Å². The molecule has 1 atom stereocenters. The molecule has 0 bridgehead atoms. The lowest BCUT2D eigenvalue weighted by atomic mass is 10.0. The Morgan fingerprint density at radius 3 is 2.45 bits per heavy atom. The van der Waals surface area contributed by atoms with E-state index in [-0.39, 0.29) is 6.04 Å². The van der Waals surface area contributed by atoms with Gasteiger partial charge in [0, 0.05) is 10.9 Å². The summed E-state index contributed by atoms with van der Waals surface area (Å²) in [4.78, 5) is 1.17. The van der Waals surface area contributed by atoms with Gasteiger partial charge in [-0.3, -0.25) is 0 Å². The number of thiophene rings is 1. The second-order valence-electron chi connectivity index (χ2n) is 2.91. The van der Waals surface area contributed by atoms with Crippen LogP contribution in [-0.4, -0.2) is 0 Å². The van der Waals surface area contributed by atoms with Crippen LogP contribution < -0.4 is 5.73 Å². The maximum Gasteiger partial charge on any atom is 0.0931 e. The molecule has 1 unspecified atom stereocenters. The second kappa shape index (κ2) is 3.57. The van der Waals surface area contributed by atoms with E-state index in [4.69, 9.17) is 17.3 Å². The fourth-order valence-corrected chi connectivity index (χ4v) is 2.07. The Bertz CT molecular complexity index is 232. The zero-order valence-electron chi connectivity index (χ0n) is 6.67. The summed E-state index contributed by atoms with van der Waals surface area (Å²) in [5.41, 5.74) is 5.90. The van der Waals surface area contributed by atoms with Crippen LogP contribution in [0, 0.1) is 5.92 Å². The van der Waals surface area contributed by atoms with E-state index in [9.17, 15) is 0 Å². The third-order valence-corrected chi connectivity index (χ3v) is 2.97. The summed E-state index contributed by atoms with van der Waals surface area (Å²) < 4.78 is 0.816. The summed E-state index contributed by atoms with van der Waals surface area (Å²) >= 11 is 7.34. The van der Waals surface area contributed by atoms with Gasteiger partial charge >= 0.3 is 0 Å². The maximum atomic E-state index is 5.90. The smallest absolute Gasteiger partial charge is 0.0931 e.